The summed E-state index contributed by atoms with van der Waals surface area (Å²) in [6.07, 6.45) is 0. The molecule has 2 radical (unpaired) electrons. The van der Waals surface area contributed by atoms with Crippen LogP contribution in [0.1, 0.15) is 13.8 Å². The van der Waals surface area contributed by atoms with Crippen molar-refractivity contribution in [2.45, 2.75) is 13.8 Å². The minimum Gasteiger partial charge on any atom is -0.436 e. The molecule has 3 aromatic rings. The lowest BCUT2D eigenvalue weighted by molar-refractivity contribution is 0.620. The highest BCUT2D eigenvalue weighted by Crippen LogP contribution is 2.25. The molecule has 3 rings (SSSR count). The van der Waals surface area contributed by atoms with Gasteiger partial charge in [0.15, 0.2) is 5.58 Å². The second kappa shape index (κ2) is 5.94. The molecule has 0 N–H and O–H groups in total. The summed E-state index contributed by atoms with van der Waals surface area (Å²) in [7, 11) is 5.63. The maximum absolute atomic E-state index is 5.90. The van der Waals surface area contributed by atoms with Crippen molar-refractivity contribution in [1.29, 1.82) is 0 Å². The average Bonchev–Trinajstić information content (AvgIpc) is 2.84. The normalized spacial score (nSPS) is 10.1. The zero-order valence-electron chi connectivity index (χ0n) is 10.9. The molecule has 0 aliphatic rings. The SMILES string of the molecule is CC.[B]c1ccc(-c2nc3cc(Cl)ccc3o2)cc1. The molecule has 94 valence electrons. The van der Waals surface area contributed by atoms with Gasteiger partial charge < -0.3 is 4.42 Å². The molecule has 1 heterocycles. The smallest absolute Gasteiger partial charge is 0.227 e. The van der Waals surface area contributed by atoms with Gasteiger partial charge in [-0.1, -0.05) is 55.2 Å². The third-order valence-corrected chi connectivity index (χ3v) is 2.74. The van der Waals surface area contributed by atoms with E-state index in [1.54, 1.807) is 12.1 Å². The summed E-state index contributed by atoms with van der Waals surface area (Å²) in [5, 5.41) is 0.648. The number of halogens is 1. The van der Waals surface area contributed by atoms with Gasteiger partial charge >= 0.3 is 0 Å². The van der Waals surface area contributed by atoms with Gasteiger partial charge in [-0.05, 0) is 18.2 Å². The van der Waals surface area contributed by atoms with E-state index in [-0.39, 0.29) is 0 Å². The summed E-state index contributed by atoms with van der Waals surface area (Å²) in [6, 6.07) is 12.8. The molecule has 0 aliphatic carbocycles. The Morgan fingerprint density at radius 2 is 1.74 bits per heavy atom. The van der Waals surface area contributed by atoms with Crippen LogP contribution in [0.5, 0.6) is 0 Å². The van der Waals surface area contributed by atoms with Crippen LogP contribution in [0.4, 0.5) is 0 Å². The van der Waals surface area contributed by atoms with Gasteiger partial charge in [-0.25, -0.2) is 4.98 Å². The predicted molar refractivity (Wildman–Crippen MR) is 81.2 cm³/mol. The van der Waals surface area contributed by atoms with Gasteiger partial charge in [0.2, 0.25) is 5.89 Å². The van der Waals surface area contributed by atoms with E-state index in [2.05, 4.69) is 4.98 Å². The maximum atomic E-state index is 5.90. The van der Waals surface area contributed by atoms with E-state index in [1.807, 2.05) is 44.2 Å². The highest BCUT2D eigenvalue weighted by atomic mass is 35.5. The molecule has 0 amide bonds. The van der Waals surface area contributed by atoms with Crippen molar-refractivity contribution in [3.63, 3.8) is 0 Å². The molecule has 0 fully saturated rings. The molecule has 0 saturated heterocycles. The van der Waals surface area contributed by atoms with E-state index in [9.17, 15) is 0 Å². The second-order valence-electron chi connectivity index (χ2n) is 3.75. The summed E-state index contributed by atoms with van der Waals surface area (Å²) in [4.78, 5) is 4.38. The van der Waals surface area contributed by atoms with E-state index in [1.165, 1.54) is 0 Å². The van der Waals surface area contributed by atoms with Gasteiger partial charge in [-0.2, -0.15) is 0 Å². The van der Waals surface area contributed by atoms with Crippen molar-refractivity contribution in [1.82, 2.24) is 4.98 Å². The lowest BCUT2D eigenvalue weighted by Gasteiger charge is -1.95. The van der Waals surface area contributed by atoms with Crippen LogP contribution in [0, 0.1) is 0 Å². The van der Waals surface area contributed by atoms with Crippen LogP contribution in [-0.2, 0) is 0 Å². The number of nitrogens with zero attached hydrogens (tertiary/aromatic N) is 1. The molecule has 19 heavy (non-hydrogen) atoms. The second-order valence-corrected chi connectivity index (χ2v) is 4.19. The number of hydrogen-bond acceptors (Lipinski definition) is 2. The standard InChI is InChI=1S/C13H7BClNO.C2H6/c14-9-3-1-8(2-4-9)13-16-11-7-10(15)5-6-12(11)17-13;1-2/h1-7H;1-2H3. The molecular formula is C15H13BClNO. The van der Waals surface area contributed by atoms with Crippen LogP contribution < -0.4 is 5.46 Å². The van der Waals surface area contributed by atoms with Gasteiger partial charge in [0.05, 0.1) is 0 Å². The Bertz CT molecular complexity index is 676. The minimum absolute atomic E-state index is 0.572. The molecule has 0 spiro atoms. The lowest BCUT2D eigenvalue weighted by Crippen LogP contribution is -1.99. The van der Waals surface area contributed by atoms with Gasteiger partial charge in [-0.15, -0.1) is 0 Å². The fraction of sp³-hybridized carbons (Fsp3) is 0.133. The van der Waals surface area contributed by atoms with Crippen LogP contribution in [0.25, 0.3) is 22.6 Å². The maximum Gasteiger partial charge on any atom is 0.227 e. The van der Waals surface area contributed by atoms with E-state index < -0.39 is 0 Å². The Morgan fingerprint density at radius 3 is 2.42 bits per heavy atom. The van der Waals surface area contributed by atoms with Crippen molar-refractivity contribution in [2.75, 3.05) is 0 Å². The Balaban J connectivity index is 0.000000637. The molecule has 2 nitrogen and oxygen atoms in total. The van der Waals surface area contributed by atoms with E-state index in [4.69, 9.17) is 23.9 Å². The van der Waals surface area contributed by atoms with Crippen LogP contribution in [0.15, 0.2) is 46.9 Å². The first-order chi connectivity index (χ1) is 9.22. The van der Waals surface area contributed by atoms with Crippen LogP contribution in [0.3, 0.4) is 0 Å². The van der Waals surface area contributed by atoms with Gasteiger partial charge in [0.25, 0.3) is 0 Å². The zero-order valence-corrected chi connectivity index (χ0v) is 11.6. The average molecular weight is 270 g/mol. The van der Waals surface area contributed by atoms with Gasteiger partial charge in [-0.3, -0.25) is 0 Å². The van der Waals surface area contributed by atoms with Gasteiger partial charge in [0, 0.05) is 10.6 Å². The van der Waals surface area contributed by atoms with Crippen LogP contribution in [-0.4, -0.2) is 12.8 Å². The Kier molecular flexibility index (Phi) is 4.28. The number of aromatic nitrogens is 1. The molecular weight excluding hydrogens is 256 g/mol. The zero-order chi connectivity index (χ0) is 13.8. The van der Waals surface area contributed by atoms with E-state index in [0.29, 0.717) is 16.4 Å². The number of rotatable bonds is 1. The lowest BCUT2D eigenvalue weighted by atomic mass is 9.95. The summed E-state index contributed by atoms with van der Waals surface area (Å²) >= 11 is 5.90. The van der Waals surface area contributed by atoms with Crippen LogP contribution in [0.2, 0.25) is 5.02 Å². The molecule has 1 aromatic heterocycles. The van der Waals surface area contributed by atoms with Crippen LogP contribution >= 0.6 is 11.6 Å². The Labute approximate surface area is 118 Å². The van der Waals surface area contributed by atoms with E-state index >= 15 is 0 Å². The molecule has 0 unspecified atom stereocenters. The number of oxazole rings is 1. The van der Waals surface area contributed by atoms with Crippen molar-refractivity contribution in [2.24, 2.45) is 0 Å². The Morgan fingerprint density at radius 1 is 1.05 bits per heavy atom. The number of fused-ring (bicyclic) bond motifs is 1. The molecule has 2 aromatic carbocycles. The first kappa shape index (κ1) is 13.7. The van der Waals surface area contributed by atoms with Crippen molar-refractivity contribution in [3.8, 4) is 11.5 Å². The van der Waals surface area contributed by atoms with E-state index in [0.717, 1.165) is 16.7 Å². The molecule has 0 bridgehead atoms. The summed E-state index contributed by atoms with van der Waals surface area (Å²) in [6.45, 7) is 4.00. The summed E-state index contributed by atoms with van der Waals surface area (Å²) in [5.74, 6) is 0.572. The summed E-state index contributed by atoms with van der Waals surface area (Å²) < 4.78 is 5.64. The summed E-state index contributed by atoms with van der Waals surface area (Å²) in [5.41, 5.74) is 3.09. The fourth-order valence-electron chi connectivity index (χ4n) is 1.65. The first-order valence-corrected chi connectivity index (χ1v) is 6.52. The molecule has 0 saturated carbocycles. The fourth-order valence-corrected chi connectivity index (χ4v) is 1.82. The monoisotopic (exact) mass is 269 g/mol. The largest absolute Gasteiger partial charge is 0.436 e. The third kappa shape index (κ3) is 2.99. The number of hydrogen-bond donors (Lipinski definition) is 0. The highest BCUT2D eigenvalue weighted by molar-refractivity contribution is 6.32. The van der Waals surface area contributed by atoms with Gasteiger partial charge in [0.1, 0.15) is 13.4 Å². The highest BCUT2D eigenvalue weighted by Gasteiger charge is 2.07. The minimum atomic E-state index is 0.572. The molecule has 0 atom stereocenters. The number of benzene rings is 2. The predicted octanol–water partition coefficient (Wildman–Crippen LogP) is 3.97. The topological polar surface area (TPSA) is 26.0 Å². The van der Waals surface area contributed by atoms with Crippen molar-refractivity contribution < 1.29 is 4.42 Å². The molecule has 0 aliphatic heterocycles. The van der Waals surface area contributed by atoms with Crippen molar-refractivity contribution in [3.05, 3.63) is 47.5 Å². The molecule has 4 heteroatoms. The quantitative estimate of drug-likeness (QED) is 0.625. The first-order valence-electron chi connectivity index (χ1n) is 6.14. The third-order valence-electron chi connectivity index (χ3n) is 2.51. The Hall–Kier alpha value is -1.74. The van der Waals surface area contributed by atoms with Crippen molar-refractivity contribution >= 4 is 36.0 Å².